The zero-order valence-electron chi connectivity index (χ0n) is 10.7. The van der Waals surface area contributed by atoms with Gasteiger partial charge in [0.15, 0.2) is 5.78 Å². The Kier molecular flexibility index (Phi) is 6.20. The smallest absolute Gasteiger partial charge is 0.409 e. The summed E-state index contributed by atoms with van der Waals surface area (Å²) < 4.78 is 2.61. The number of carbonyl (C=O) groups excluding carboxylic acids is 3. The van der Waals surface area contributed by atoms with Gasteiger partial charge in [-0.3, -0.25) is 14.9 Å². The molecule has 1 aromatic rings. The van der Waals surface area contributed by atoms with Gasteiger partial charge in [-0.2, -0.15) is 0 Å². The summed E-state index contributed by atoms with van der Waals surface area (Å²) >= 11 is 15.9. The first-order valence-electron chi connectivity index (χ1n) is 5.58. The van der Waals surface area contributed by atoms with Gasteiger partial charge in [0.1, 0.15) is 5.76 Å². The summed E-state index contributed by atoms with van der Waals surface area (Å²) in [6, 6.07) is 8.38. The number of benzene rings is 1. The molecule has 0 spiro atoms. The second-order valence-electron chi connectivity index (χ2n) is 3.83. The van der Waals surface area contributed by atoms with E-state index in [1.165, 1.54) is 6.92 Å². The van der Waals surface area contributed by atoms with Crippen molar-refractivity contribution in [2.24, 2.45) is 0 Å². The SMILES string of the molecule is CC(=O)/C=C(\OC(=O)NC(=O)C(Cl)(Cl)Cl)c1ccccc1. The summed E-state index contributed by atoms with van der Waals surface area (Å²) in [6.45, 7) is 1.29. The largest absolute Gasteiger partial charge is 0.419 e. The number of ether oxygens (including phenoxy) is 1. The van der Waals surface area contributed by atoms with E-state index in [1.54, 1.807) is 35.6 Å². The van der Waals surface area contributed by atoms with Gasteiger partial charge in [0.05, 0.1) is 0 Å². The average Bonchev–Trinajstić information content (AvgIpc) is 2.37. The van der Waals surface area contributed by atoms with Crippen LogP contribution in [0.25, 0.3) is 5.76 Å². The molecule has 0 fully saturated rings. The third kappa shape index (κ3) is 6.16. The second kappa shape index (κ2) is 7.45. The second-order valence-corrected chi connectivity index (χ2v) is 6.11. The van der Waals surface area contributed by atoms with E-state index in [9.17, 15) is 14.4 Å². The summed E-state index contributed by atoms with van der Waals surface area (Å²) in [5.41, 5.74) is 0.476. The number of rotatable bonds is 3. The number of imide groups is 1. The quantitative estimate of drug-likeness (QED) is 0.516. The molecule has 8 heteroatoms. The van der Waals surface area contributed by atoms with E-state index in [-0.39, 0.29) is 11.5 Å². The van der Waals surface area contributed by atoms with Crippen molar-refractivity contribution in [1.82, 2.24) is 5.32 Å². The van der Waals surface area contributed by atoms with Crippen molar-refractivity contribution >= 4 is 58.3 Å². The van der Waals surface area contributed by atoms with Crippen LogP contribution in [0, 0.1) is 0 Å². The van der Waals surface area contributed by atoms with E-state index in [0.29, 0.717) is 5.56 Å². The zero-order valence-corrected chi connectivity index (χ0v) is 13.0. The van der Waals surface area contributed by atoms with Gasteiger partial charge >= 0.3 is 6.09 Å². The number of carbonyl (C=O) groups is 3. The molecule has 0 unspecified atom stereocenters. The number of ketones is 1. The summed E-state index contributed by atoms with van der Waals surface area (Å²) in [5.74, 6) is -1.53. The third-order valence-corrected chi connectivity index (χ3v) is 2.58. The molecule has 21 heavy (non-hydrogen) atoms. The van der Waals surface area contributed by atoms with Crippen molar-refractivity contribution in [3.05, 3.63) is 42.0 Å². The number of allylic oxidation sites excluding steroid dienone is 1. The molecule has 2 amide bonds. The summed E-state index contributed by atoms with van der Waals surface area (Å²) in [6.07, 6.45) is -0.0583. The van der Waals surface area contributed by atoms with Crippen LogP contribution in [0.5, 0.6) is 0 Å². The van der Waals surface area contributed by atoms with E-state index in [1.807, 2.05) is 0 Å². The van der Waals surface area contributed by atoms with Gasteiger partial charge in [0.25, 0.3) is 9.70 Å². The Morgan fingerprint density at radius 3 is 2.19 bits per heavy atom. The lowest BCUT2D eigenvalue weighted by molar-refractivity contribution is -0.119. The van der Waals surface area contributed by atoms with Gasteiger partial charge < -0.3 is 4.74 Å². The Balaban J connectivity index is 2.87. The van der Waals surface area contributed by atoms with Crippen molar-refractivity contribution in [1.29, 1.82) is 0 Å². The fourth-order valence-electron chi connectivity index (χ4n) is 1.25. The molecule has 1 aromatic carbocycles. The normalized spacial score (nSPS) is 11.7. The molecule has 0 aromatic heterocycles. The molecule has 0 bridgehead atoms. The molecule has 0 saturated carbocycles. The van der Waals surface area contributed by atoms with Crippen molar-refractivity contribution in [2.75, 3.05) is 0 Å². The van der Waals surface area contributed by atoms with E-state index >= 15 is 0 Å². The summed E-state index contributed by atoms with van der Waals surface area (Å²) in [4.78, 5) is 34.1. The van der Waals surface area contributed by atoms with Crippen molar-refractivity contribution in [3.8, 4) is 0 Å². The molecule has 0 aliphatic carbocycles. The third-order valence-electron chi connectivity index (χ3n) is 2.07. The summed E-state index contributed by atoms with van der Waals surface area (Å²) in [5, 5.41) is 1.75. The first kappa shape index (κ1) is 17.5. The minimum Gasteiger partial charge on any atom is -0.409 e. The van der Waals surface area contributed by atoms with Crippen LogP contribution in [-0.2, 0) is 14.3 Å². The van der Waals surface area contributed by atoms with Gasteiger partial charge in [-0.05, 0) is 6.92 Å². The highest BCUT2D eigenvalue weighted by Crippen LogP contribution is 2.26. The maximum atomic E-state index is 11.6. The van der Waals surface area contributed by atoms with Crippen molar-refractivity contribution in [3.63, 3.8) is 0 Å². The molecule has 0 atom stereocenters. The predicted molar refractivity (Wildman–Crippen MR) is 80.0 cm³/mol. The average molecular weight is 351 g/mol. The molecule has 1 N–H and O–H groups in total. The van der Waals surface area contributed by atoms with Gasteiger partial charge in [-0.15, -0.1) is 0 Å². The molecule has 112 valence electrons. The lowest BCUT2D eigenvalue weighted by atomic mass is 10.1. The van der Waals surface area contributed by atoms with Crippen molar-refractivity contribution in [2.45, 2.75) is 10.7 Å². The number of alkyl halides is 3. The fourth-order valence-corrected chi connectivity index (χ4v) is 1.39. The fraction of sp³-hybridized carbons (Fsp3) is 0.154. The Hall–Kier alpha value is -1.56. The molecular weight excluding hydrogens is 341 g/mol. The Morgan fingerprint density at radius 1 is 1.14 bits per heavy atom. The number of nitrogens with one attached hydrogen (secondary N) is 1. The van der Waals surface area contributed by atoms with Crippen LogP contribution in [-0.4, -0.2) is 21.6 Å². The maximum Gasteiger partial charge on any atom is 0.419 e. The minimum atomic E-state index is -2.30. The number of amides is 2. The zero-order chi connectivity index (χ0) is 16.0. The van der Waals surface area contributed by atoms with E-state index in [2.05, 4.69) is 0 Å². The number of alkyl carbamates (subject to hydrolysis) is 1. The molecule has 5 nitrogen and oxygen atoms in total. The maximum absolute atomic E-state index is 11.6. The minimum absolute atomic E-state index is 0.0299. The van der Waals surface area contributed by atoms with Crippen molar-refractivity contribution < 1.29 is 19.1 Å². The molecule has 0 aliphatic rings. The Bertz CT molecular complexity index is 579. The number of halogens is 3. The Labute approximate surface area is 135 Å². The Morgan fingerprint density at radius 2 is 1.71 bits per heavy atom. The van der Waals surface area contributed by atoms with Crippen LogP contribution >= 0.6 is 34.8 Å². The van der Waals surface area contributed by atoms with Gasteiger partial charge in [0, 0.05) is 11.6 Å². The molecular formula is C13H10Cl3NO4. The van der Waals surface area contributed by atoms with Crippen LogP contribution in [0.2, 0.25) is 0 Å². The lowest BCUT2D eigenvalue weighted by Gasteiger charge is -2.12. The molecule has 0 aliphatic heterocycles. The number of hydrogen-bond acceptors (Lipinski definition) is 4. The topological polar surface area (TPSA) is 72.5 Å². The molecule has 0 heterocycles. The van der Waals surface area contributed by atoms with E-state index in [4.69, 9.17) is 39.5 Å². The predicted octanol–water partition coefficient (Wildman–Crippen LogP) is 3.24. The first-order valence-corrected chi connectivity index (χ1v) is 6.71. The summed E-state index contributed by atoms with van der Waals surface area (Å²) in [7, 11) is 0. The highest BCUT2D eigenvalue weighted by atomic mass is 35.6. The highest BCUT2D eigenvalue weighted by molar-refractivity contribution is 6.76. The van der Waals surface area contributed by atoms with Crippen LogP contribution in [0.3, 0.4) is 0 Å². The highest BCUT2D eigenvalue weighted by Gasteiger charge is 2.32. The van der Waals surface area contributed by atoms with E-state index < -0.39 is 15.8 Å². The monoisotopic (exact) mass is 349 g/mol. The van der Waals surface area contributed by atoms with Gasteiger partial charge in [-0.25, -0.2) is 4.79 Å². The molecule has 0 radical (unpaired) electrons. The number of hydrogen-bond donors (Lipinski definition) is 1. The van der Waals surface area contributed by atoms with Crippen LogP contribution in [0.15, 0.2) is 36.4 Å². The van der Waals surface area contributed by atoms with E-state index in [0.717, 1.165) is 6.08 Å². The van der Waals surface area contributed by atoms with Gasteiger partial charge in [0.2, 0.25) is 0 Å². The molecule has 0 saturated heterocycles. The van der Waals surface area contributed by atoms with Crippen LogP contribution in [0.1, 0.15) is 12.5 Å². The van der Waals surface area contributed by atoms with Gasteiger partial charge in [-0.1, -0.05) is 65.1 Å². The lowest BCUT2D eigenvalue weighted by Crippen LogP contribution is -2.39. The van der Waals surface area contributed by atoms with Crippen LogP contribution in [0.4, 0.5) is 4.79 Å². The first-order chi connectivity index (χ1) is 9.70. The molecule has 1 rings (SSSR count). The van der Waals surface area contributed by atoms with Crippen LogP contribution < -0.4 is 5.32 Å². The standard InChI is InChI=1S/C13H10Cl3NO4/c1-8(18)7-10(9-5-3-2-4-6-9)21-12(20)17-11(19)13(14,15)16/h2-7H,1H3,(H,17,19,20)/b10-7-.